The summed E-state index contributed by atoms with van der Waals surface area (Å²) >= 11 is 4.74. The number of rotatable bonds is 7. The van der Waals surface area contributed by atoms with Gasteiger partial charge < -0.3 is 5.73 Å². The van der Waals surface area contributed by atoms with E-state index in [2.05, 4.69) is 31.3 Å². The molecule has 0 spiro atoms. The van der Waals surface area contributed by atoms with Crippen molar-refractivity contribution in [3.05, 3.63) is 0 Å². The first kappa shape index (κ1) is 14.4. The van der Waals surface area contributed by atoms with Crippen LogP contribution >= 0.6 is 12.2 Å². The maximum Gasteiger partial charge on any atom is 0.184 e. The summed E-state index contributed by atoms with van der Waals surface area (Å²) in [5, 5.41) is 4.52. The summed E-state index contributed by atoms with van der Waals surface area (Å²) in [7, 11) is 0. The Labute approximate surface area is 98.5 Å². The Hall–Kier alpha value is -0.640. The highest BCUT2D eigenvalue weighted by Crippen LogP contribution is 2.17. The van der Waals surface area contributed by atoms with Gasteiger partial charge in [0.25, 0.3) is 0 Å². The van der Waals surface area contributed by atoms with Crippen LogP contribution in [0, 0.1) is 5.92 Å². The first-order chi connectivity index (χ1) is 7.15. The van der Waals surface area contributed by atoms with Crippen LogP contribution in [0.25, 0.3) is 0 Å². The molecule has 0 aromatic carbocycles. The van der Waals surface area contributed by atoms with Gasteiger partial charge in [0.15, 0.2) is 5.11 Å². The molecule has 0 aromatic heterocycles. The van der Waals surface area contributed by atoms with Crippen LogP contribution in [0.1, 0.15) is 52.9 Å². The third-order valence-electron chi connectivity index (χ3n) is 2.42. The second-order valence-electron chi connectivity index (χ2n) is 3.71. The molecule has 4 heteroatoms. The average Bonchev–Trinajstić information content (AvgIpc) is 2.19. The van der Waals surface area contributed by atoms with E-state index in [4.69, 9.17) is 18.0 Å². The molecule has 3 nitrogen and oxygen atoms in total. The quantitative estimate of drug-likeness (QED) is 0.401. The molecule has 0 heterocycles. The lowest BCUT2D eigenvalue weighted by atomic mass is 9.92. The Kier molecular flexibility index (Phi) is 8.28. The van der Waals surface area contributed by atoms with Crippen molar-refractivity contribution in [3.8, 4) is 0 Å². The van der Waals surface area contributed by atoms with E-state index in [0.29, 0.717) is 5.92 Å². The van der Waals surface area contributed by atoms with Gasteiger partial charge in [-0.05, 0) is 37.4 Å². The van der Waals surface area contributed by atoms with Gasteiger partial charge >= 0.3 is 0 Å². The average molecular weight is 229 g/mol. The highest BCUT2D eigenvalue weighted by atomic mass is 32.1. The second kappa shape index (κ2) is 8.65. The highest BCUT2D eigenvalue weighted by molar-refractivity contribution is 7.80. The lowest BCUT2D eigenvalue weighted by Gasteiger charge is -2.16. The number of hydrazone groups is 1. The maximum atomic E-state index is 5.36. The van der Waals surface area contributed by atoms with Gasteiger partial charge in [-0.1, -0.05) is 33.6 Å². The number of thiocarbonyl (C=S) groups is 1. The molecule has 0 rings (SSSR count). The number of nitrogens with two attached hydrogens (primary N) is 1. The molecular weight excluding hydrogens is 206 g/mol. The van der Waals surface area contributed by atoms with Crippen molar-refractivity contribution in [2.75, 3.05) is 0 Å². The van der Waals surface area contributed by atoms with Crippen molar-refractivity contribution in [1.82, 2.24) is 5.43 Å². The van der Waals surface area contributed by atoms with Crippen molar-refractivity contribution in [2.45, 2.75) is 52.9 Å². The monoisotopic (exact) mass is 229 g/mol. The highest BCUT2D eigenvalue weighted by Gasteiger charge is 2.12. The molecule has 0 fully saturated rings. The van der Waals surface area contributed by atoms with Gasteiger partial charge in [0.05, 0.1) is 0 Å². The zero-order valence-corrected chi connectivity index (χ0v) is 10.9. The summed E-state index contributed by atoms with van der Waals surface area (Å²) in [6.07, 6.45) is 5.73. The molecule has 0 aliphatic rings. The van der Waals surface area contributed by atoms with Gasteiger partial charge in [-0.15, -0.1) is 0 Å². The van der Waals surface area contributed by atoms with Gasteiger partial charge in [-0.2, -0.15) is 5.10 Å². The van der Waals surface area contributed by atoms with E-state index in [1.54, 1.807) is 0 Å². The zero-order valence-electron chi connectivity index (χ0n) is 10.0. The molecule has 0 saturated carbocycles. The molecule has 0 aliphatic carbocycles. The molecule has 15 heavy (non-hydrogen) atoms. The molecule has 0 amide bonds. The lowest BCUT2D eigenvalue weighted by Crippen LogP contribution is -2.27. The first-order valence-corrected chi connectivity index (χ1v) is 6.18. The summed E-state index contributed by atoms with van der Waals surface area (Å²) in [6, 6.07) is 0. The van der Waals surface area contributed by atoms with Crippen LogP contribution in [0.4, 0.5) is 0 Å². The smallest absolute Gasteiger partial charge is 0.184 e. The number of hydrogen-bond donors (Lipinski definition) is 2. The fourth-order valence-electron chi connectivity index (χ4n) is 1.76. The van der Waals surface area contributed by atoms with Crippen molar-refractivity contribution in [2.24, 2.45) is 16.8 Å². The van der Waals surface area contributed by atoms with Crippen LogP contribution in [0.5, 0.6) is 0 Å². The number of nitrogens with one attached hydrogen (secondary N) is 1. The minimum absolute atomic E-state index is 0.243. The van der Waals surface area contributed by atoms with Crippen LogP contribution in [-0.4, -0.2) is 10.8 Å². The van der Waals surface area contributed by atoms with Crippen LogP contribution in [-0.2, 0) is 0 Å². The Morgan fingerprint density at radius 3 is 2.13 bits per heavy atom. The normalized spacial score (nSPS) is 11.9. The van der Waals surface area contributed by atoms with Crippen molar-refractivity contribution < 1.29 is 0 Å². The fourth-order valence-corrected chi connectivity index (χ4v) is 1.81. The molecule has 0 aliphatic heterocycles. The van der Waals surface area contributed by atoms with Crippen LogP contribution < -0.4 is 11.2 Å². The predicted molar refractivity (Wildman–Crippen MR) is 71.0 cm³/mol. The summed E-state index contributed by atoms with van der Waals surface area (Å²) in [5.41, 5.74) is 9.23. The molecule has 0 unspecified atom stereocenters. The zero-order chi connectivity index (χ0) is 11.7. The van der Waals surface area contributed by atoms with Crippen molar-refractivity contribution >= 4 is 23.0 Å². The van der Waals surface area contributed by atoms with Crippen LogP contribution in [0.2, 0.25) is 0 Å². The molecule has 0 atom stereocenters. The second-order valence-corrected chi connectivity index (χ2v) is 4.15. The van der Waals surface area contributed by atoms with E-state index in [1.807, 2.05) is 0 Å². The molecule has 0 saturated heterocycles. The summed E-state index contributed by atoms with van der Waals surface area (Å²) in [4.78, 5) is 0. The molecular formula is C11H23N3S. The van der Waals surface area contributed by atoms with Gasteiger partial charge in [0.1, 0.15) is 0 Å². The van der Waals surface area contributed by atoms with E-state index >= 15 is 0 Å². The van der Waals surface area contributed by atoms with E-state index < -0.39 is 0 Å². The molecule has 0 aromatic rings. The molecule has 3 N–H and O–H groups in total. The number of hydrogen-bond acceptors (Lipinski definition) is 2. The molecule has 88 valence electrons. The summed E-state index contributed by atoms with van der Waals surface area (Å²) < 4.78 is 0. The Balaban J connectivity index is 4.41. The summed E-state index contributed by atoms with van der Waals surface area (Å²) in [6.45, 7) is 6.53. The summed E-state index contributed by atoms with van der Waals surface area (Å²) in [5.74, 6) is 0.576. The Bertz CT molecular complexity index is 208. The van der Waals surface area contributed by atoms with Crippen LogP contribution in [0.15, 0.2) is 5.10 Å². The number of nitrogens with zero attached hydrogens (tertiary/aromatic N) is 1. The van der Waals surface area contributed by atoms with E-state index in [-0.39, 0.29) is 5.11 Å². The van der Waals surface area contributed by atoms with Gasteiger partial charge in [0, 0.05) is 5.71 Å². The SMILES string of the molecule is CCCC(CCC)C(CC)=NNC(N)=S. The van der Waals surface area contributed by atoms with Gasteiger partial charge in [-0.3, -0.25) is 5.43 Å². The fraction of sp³-hybridized carbons (Fsp3) is 0.818. The minimum atomic E-state index is 0.243. The Morgan fingerprint density at radius 1 is 1.27 bits per heavy atom. The van der Waals surface area contributed by atoms with E-state index in [1.165, 1.54) is 31.4 Å². The third kappa shape index (κ3) is 6.44. The molecule has 0 bridgehead atoms. The van der Waals surface area contributed by atoms with Crippen molar-refractivity contribution in [3.63, 3.8) is 0 Å². The molecule has 0 radical (unpaired) electrons. The van der Waals surface area contributed by atoms with E-state index in [9.17, 15) is 0 Å². The van der Waals surface area contributed by atoms with Crippen molar-refractivity contribution in [1.29, 1.82) is 0 Å². The van der Waals surface area contributed by atoms with Crippen LogP contribution in [0.3, 0.4) is 0 Å². The predicted octanol–water partition coefficient (Wildman–Crippen LogP) is 2.80. The standard InChI is InChI=1S/C11H23N3S/c1-4-7-9(8-5-2)10(6-3)13-14-11(12)15/h9H,4-8H2,1-3H3,(H3,12,14,15). The minimum Gasteiger partial charge on any atom is -0.375 e. The maximum absolute atomic E-state index is 5.36. The van der Waals surface area contributed by atoms with E-state index in [0.717, 1.165) is 6.42 Å². The topological polar surface area (TPSA) is 50.4 Å². The third-order valence-corrected chi connectivity index (χ3v) is 2.51. The first-order valence-electron chi connectivity index (χ1n) is 5.77. The van der Waals surface area contributed by atoms with Gasteiger partial charge in [0.2, 0.25) is 0 Å². The largest absolute Gasteiger partial charge is 0.375 e. The lowest BCUT2D eigenvalue weighted by molar-refractivity contribution is 0.549. The van der Waals surface area contributed by atoms with Gasteiger partial charge in [-0.25, -0.2) is 0 Å². The Morgan fingerprint density at radius 2 is 1.80 bits per heavy atom.